The monoisotopic (exact) mass is 375 g/mol. The molecule has 0 unspecified atom stereocenters. The SMILES string of the molecule is COc1ccc(CCNC(=O)COC(=O)c2ccccc2[S@@](C)=O)cc1. The highest BCUT2D eigenvalue weighted by Gasteiger charge is 2.15. The predicted molar refractivity (Wildman–Crippen MR) is 98.8 cm³/mol. The van der Waals surface area contributed by atoms with Crippen LogP contribution in [0.15, 0.2) is 53.4 Å². The van der Waals surface area contributed by atoms with Crippen molar-refractivity contribution >= 4 is 22.7 Å². The second kappa shape index (κ2) is 9.72. The van der Waals surface area contributed by atoms with Gasteiger partial charge in [0.1, 0.15) is 5.75 Å². The lowest BCUT2D eigenvalue weighted by atomic mass is 10.1. The number of nitrogens with one attached hydrogen (secondary N) is 1. The van der Waals surface area contributed by atoms with E-state index in [1.54, 1.807) is 25.3 Å². The summed E-state index contributed by atoms with van der Waals surface area (Å²) in [6.45, 7) is 0.0460. The quantitative estimate of drug-likeness (QED) is 0.713. The third-order valence-corrected chi connectivity index (χ3v) is 4.62. The van der Waals surface area contributed by atoms with Crippen LogP contribution in [0.1, 0.15) is 15.9 Å². The van der Waals surface area contributed by atoms with Gasteiger partial charge in [-0.2, -0.15) is 0 Å². The van der Waals surface area contributed by atoms with Gasteiger partial charge >= 0.3 is 5.97 Å². The Morgan fingerprint density at radius 3 is 2.42 bits per heavy atom. The van der Waals surface area contributed by atoms with Crippen molar-refractivity contribution in [2.75, 3.05) is 26.5 Å². The van der Waals surface area contributed by atoms with Gasteiger partial charge in [0.15, 0.2) is 6.61 Å². The van der Waals surface area contributed by atoms with Crippen molar-refractivity contribution in [2.45, 2.75) is 11.3 Å². The standard InChI is InChI=1S/C19H21NO5S/c1-24-15-9-7-14(8-10-15)11-12-20-18(21)13-25-19(22)16-5-3-4-6-17(16)26(2)23/h3-10H,11-13H2,1-2H3,(H,20,21)/t26-/m1/s1. The Labute approximate surface area is 155 Å². The first-order valence-corrected chi connectivity index (χ1v) is 9.56. The minimum absolute atomic E-state index is 0.208. The van der Waals surface area contributed by atoms with Crippen LogP contribution in [0.25, 0.3) is 0 Å². The van der Waals surface area contributed by atoms with Crippen molar-refractivity contribution in [3.63, 3.8) is 0 Å². The van der Waals surface area contributed by atoms with E-state index in [4.69, 9.17) is 9.47 Å². The first-order valence-electron chi connectivity index (χ1n) is 8.00. The number of amides is 1. The van der Waals surface area contributed by atoms with Crippen LogP contribution in [-0.2, 0) is 26.8 Å². The van der Waals surface area contributed by atoms with Crippen LogP contribution < -0.4 is 10.1 Å². The zero-order chi connectivity index (χ0) is 18.9. The third kappa shape index (κ3) is 5.70. The van der Waals surface area contributed by atoms with Crippen LogP contribution in [0.2, 0.25) is 0 Å². The summed E-state index contributed by atoms with van der Waals surface area (Å²) < 4.78 is 21.7. The van der Waals surface area contributed by atoms with Gasteiger partial charge in [0.25, 0.3) is 5.91 Å². The molecule has 1 amide bonds. The minimum Gasteiger partial charge on any atom is -0.497 e. The van der Waals surface area contributed by atoms with Gasteiger partial charge in [0, 0.05) is 12.8 Å². The molecule has 0 heterocycles. The molecule has 2 rings (SSSR count). The summed E-state index contributed by atoms with van der Waals surface area (Å²) in [7, 11) is 0.290. The van der Waals surface area contributed by atoms with Crippen LogP contribution in [0.4, 0.5) is 0 Å². The van der Waals surface area contributed by atoms with Crippen LogP contribution in [0.3, 0.4) is 0 Å². The smallest absolute Gasteiger partial charge is 0.339 e. The number of rotatable bonds is 8. The number of esters is 1. The van der Waals surface area contributed by atoms with Gasteiger partial charge in [-0.3, -0.25) is 9.00 Å². The molecule has 0 fully saturated rings. The Morgan fingerprint density at radius 2 is 1.77 bits per heavy atom. The van der Waals surface area contributed by atoms with E-state index < -0.39 is 16.8 Å². The summed E-state index contributed by atoms with van der Waals surface area (Å²) >= 11 is 0. The summed E-state index contributed by atoms with van der Waals surface area (Å²) in [5.74, 6) is -0.277. The fraction of sp³-hybridized carbons (Fsp3) is 0.263. The molecular weight excluding hydrogens is 354 g/mol. The average molecular weight is 375 g/mol. The van der Waals surface area contributed by atoms with Crippen LogP contribution in [0.5, 0.6) is 5.75 Å². The molecule has 6 nitrogen and oxygen atoms in total. The second-order valence-electron chi connectivity index (χ2n) is 5.47. The third-order valence-electron chi connectivity index (χ3n) is 3.65. The van der Waals surface area contributed by atoms with E-state index in [9.17, 15) is 13.8 Å². The van der Waals surface area contributed by atoms with Gasteiger partial charge < -0.3 is 14.8 Å². The molecule has 2 aromatic carbocycles. The number of methoxy groups -OCH3 is 1. The van der Waals surface area contributed by atoms with Gasteiger partial charge in [0.2, 0.25) is 0 Å². The number of hydrogen-bond donors (Lipinski definition) is 1. The molecule has 0 saturated heterocycles. The molecule has 0 saturated carbocycles. The second-order valence-corrected chi connectivity index (χ2v) is 6.82. The summed E-state index contributed by atoms with van der Waals surface area (Å²) in [4.78, 5) is 24.3. The average Bonchev–Trinajstić information content (AvgIpc) is 2.66. The zero-order valence-corrected chi connectivity index (χ0v) is 15.5. The highest BCUT2D eigenvalue weighted by molar-refractivity contribution is 7.84. The van der Waals surface area contributed by atoms with Crippen molar-refractivity contribution in [1.29, 1.82) is 0 Å². The number of hydrogen-bond acceptors (Lipinski definition) is 5. The van der Waals surface area contributed by atoms with E-state index in [2.05, 4.69) is 5.32 Å². The number of benzene rings is 2. The summed E-state index contributed by atoms with van der Waals surface area (Å²) in [6, 6.07) is 14.0. The summed E-state index contributed by atoms with van der Waals surface area (Å²) in [5.41, 5.74) is 1.27. The molecule has 1 N–H and O–H groups in total. The fourth-order valence-corrected chi connectivity index (χ4v) is 3.02. The molecule has 1 atom stereocenters. The van der Waals surface area contributed by atoms with E-state index in [0.717, 1.165) is 11.3 Å². The Bertz CT molecular complexity index is 789. The zero-order valence-electron chi connectivity index (χ0n) is 14.7. The van der Waals surface area contributed by atoms with Crippen molar-refractivity contribution in [3.05, 3.63) is 59.7 Å². The van der Waals surface area contributed by atoms with Crippen LogP contribution >= 0.6 is 0 Å². The molecule has 0 aliphatic heterocycles. The van der Waals surface area contributed by atoms with Gasteiger partial charge in [-0.05, 0) is 36.2 Å². The Kier molecular flexibility index (Phi) is 7.35. The topological polar surface area (TPSA) is 81.7 Å². The number of carbonyl (C=O) groups is 2. The van der Waals surface area contributed by atoms with Crippen molar-refractivity contribution in [1.82, 2.24) is 5.32 Å². The molecule has 2 aromatic rings. The molecule has 26 heavy (non-hydrogen) atoms. The van der Waals surface area contributed by atoms with E-state index in [1.165, 1.54) is 12.3 Å². The molecular formula is C19H21NO5S. The van der Waals surface area contributed by atoms with Crippen LogP contribution in [-0.4, -0.2) is 42.6 Å². The molecule has 0 bridgehead atoms. The molecule has 7 heteroatoms. The van der Waals surface area contributed by atoms with Crippen molar-refractivity contribution in [3.8, 4) is 5.75 Å². The van der Waals surface area contributed by atoms with E-state index >= 15 is 0 Å². The number of ether oxygens (including phenoxy) is 2. The fourth-order valence-electron chi connectivity index (χ4n) is 2.28. The highest BCUT2D eigenvalue weighted by Crippen LogP contribution is 2.14. The number of carbonyl (C=O) groups excluding carboxylic acids is 2. The molecule has 0 spiro atoms. The molecule has 138 valence electrons. The molecule has 0 radical (unpaired) electrons. The van der Waals surface area contributed by atoms with Gasteiger partial charge in [-0.1, -0.05) is 24.3 Å². The van der Waals surface area contributed by atoms with Gasteiger partial charge in [-0.25, -0.2) is 4.79 Å². The van der Waals surface area contributed by atoms with Crippen molar-refractivity contribution in [2.24, 2.45) is 0 Å². The van der Waals surface area contributed by atoms with Crippen molar-refractivity contribution < 1.29 is 23.3 Å². The maximum absolute atomic E-state index is 12.1. The highest BCUT2D eigenvalue weighted by atomic mass is 32.2. The Hall–Kier alpha value is -2.67. The largest absolute Gasteiger partial charge is 0.497 e. The van der Waals surface area contributed by atoms with Gasteiger partial charge in [0.05, 0.1) is 28.4 Å². The van der Waals surface area contributed by atoms with Gasteiger partial charge in [-0.15, -0.1) is 0 Å². The summed E-state index contributed by atoms with van der Waals surface area (Å²) in [5, 5.41) is 2.70. The van der Waals surface area contributed by atoms with E-state index in [-0.39, 0.29) is 18.1 Å². The van der Waals surface area contributed by atoms with Crippen LogP contribution in [0, 0.1) is 0 Å². The summed E-state index contributed by atoms with van der Waals surface area (Å²) in [6.07, 6.45) is 2.14. The maximum Gasteiger partial charge on any atom is 0.339 e. The molecule has 0 aliphatic rings. The van der Waals surface area contributed by atoms with E-state index in [0.29, 0.717) is 17.9 Å². The molecule has 0 aromatic heterocycles. The normalized spacial score (nSPS) is 11.5. The minimum atomic E-state index is -1.31. The Morgan fingerprint density at radius 1 is 1.08 bits per heavy atom. The maximum atomic E-state index is 12.1. The first-order chi connectivity index (χ1) is 12.5. The lowest BCUT2D eigenvalue weighted by Crippen LogP contribution is -2.30. The first kappa shape index (κ1) is 19.7. The lowest BCUT2D eigenvalue weighted by Gasteiger charge is -2.09. The lowest BCUT2D eigenvalue weighted by molar-refractivity contribution is -0.124. The predicted octanol–water partition coefficient (Wildman–Crippen LogP) is 1.95. The van der Waals surface area contributed by atoms with E-state index in [1.807, 2.05) is 24.3 Å². The molecule has 0 aliphatic carbocycles. The Balaban J connectivity index is 1.78.